The van der Waals surface area contributed by atoms with Gasteiger partial charge < -0.3 is 15.0 Å². The average Bonchev–Trinajstić information content (AvgIpc) is 2.71. The lowest BCUT2D eigenvalue weighted by atomic mass is 10.0. The summed E-state index contributed by atoms with van der Waals surface area (Å²) in [5.74, 6) is 0.449. The molecule has 1 N–H and O–H groups in total. The van der Waals surface area contributed by atoms with Crippen LogP contribution in [0, 0.1) is 0 Å². The van der Waals surface area contributed by atoms with E-state index in [-0.39, 0.29) is 25.0 Å². The molecule has 2 aromatic carbocycles. The number of halogens is 2. The molecule has 0 aromatic heterocycles. The number of likely N-dealkylation sites (N-methyl/N-ethyl adjacent to an activating group) is 1. The fraction of sp³-hybridized carbons (Fsp3) is 0.364. The van der Waals surface area contributed by atoms with Crippen molar-refractivity contribution in [3.05, 3.63) is 63.6 Å². The Morgan fingerprint density at radius 3 is 2.24 bits per heavy atom. The Balaban J connectivity index is 2.13. The third-order valence-electron chi connectivity index (χ3n) is 4.66. The van der Waals surface area contributed by atoms with Gasteiger partial charge in [0.1, 0.15) is 11.8 Å². The lowest BCUT2D eigenvalue weighted by Gasteiger charge is -2.28. The van der Waals surface area contributed by atoms with Crippen molar-refractivity contribution >= 4 is 35.0 Å². The second-order valence-electron chi connectivity index (χ2n) is 7.07. The number of ether oxygens (including phenoxy) is 1. The lowest BCUT2D eigenvalue weighted by molar-refractivity contribution is -0.142. The van der Waals surface area contributed by atoms with Crippen molar-refractivity contribution in [2.45, 2.75) is 39.3 Å². The maximum absolute atomic E-state index is 12.9. The standard InChI is InChI=1S/C22H26Cl2N2O3/c1-14(2)17-6-8-18(9-7-17)29-13-21(27)26(15(3)22(28)25-4)12-16-5-10-19(23)20(24)11-16/h5-11,14-15H,12-13H2,1-4H3,(H,25,28)/t15-/m0/s1. The molecule has 5 nitrogen and oxygen atoms in total. The van der Waals surface area contributed by atoms with Gasteiger partial charge in [-0.05, 0) is 48.2 Å². The van der Waals surface area contributed by atoms with Crippen molar-refractivity contribution in [3.63, 3.8) is 0 Å². The highest BCUT2D eigenvalue weighted by Crippen LogP contribution is 2.24. The van der Waals surface area contributed by atoms with Crippen LogP contribution in [0.2, 0.25) is 10.0 Å². The molecule has 0 spiro atoms. The van der Waals surface area contributed by atoms with E-state index < -0.39 is 6.04 Å². The van der Waals surface area contributed by atoms with Gasteiger partial charge in [-0.1, -0.05) is 55.2 Å². The third kappa shape index (κ3) is 6.38. The number of carbonyl (C=O) groups excluding carboxylic acids is 2. The van der Waals surface area contributed by atoms with Crippen LogP contribution in [0.4, 0.5) is 0 Å². The summed E-state index contributed by atoms with van der Waals surface area (Å²) in [6.07, 6.45) is 0. The number of amides is 2. The minimum Gasteiger partial charge on any atom is -0.484 e. The predicted octanol–water partition coefficient (Wildman–Crippen LogP) is 4.66. The number of nitrogens with one attached hydrogen (secondary N) is 1. The minimum atomic E-state index is -0.672. The molecule has 0 saturated heterocycles. The Hall–Kier alpha value is -2.24. The smallest absolute Gasteiger partial charge is 0.261 e. The van der Waals surface area contributed by atoms with Crippen LogP contribution in [0.15, 0.2) is 42.5 Å². The highest BCUT2D eigenvalue weighted by atomic mass is 35.5. The van der Waals surface area contributed by atoms with Crippen LogP contribution in [0.1, 0.15) is 37.8 Å². The van der Waals surface area contributed by atoms with Gasteiger partial charge in [-0.2, -0.15) is 0 Å². The first-order chi connectivity index (χ1) is 13.7. The summed E-state index contributed by atoms with van der Waals surface area (Å²) in [6, 6.07) is 12.1. The SMILES string of the molecule is CNC(=O)[C@H](C)N(Cc1ccc(Cl)c(Cl)c1)C(=O)COc1ccc(C(C)C)cc1. The van der Waals surface area contributed by atoms with Gasteiger partial charge in [-0.25, -0.2) is 0 Å². The summed E-state index contributed by atoms with van der Waals surface area (Å²) in [5.41, 5.74) is 1.96. The van der Waals surface area contributed by atoms with Crippen LogP contribution in [-0.4, -0.2) is 36.4 Å². The molecule has 29 heavy (non-hydrogen) atoms. The van der Waals surface area contributed by atoms with Crippen LogP contribution >= 0.6 is 23.2 Å². The molecule has 0 aliphatic carbocycles. The van der Waals surface area contributed by atoms with Gasteiger partial charge >= 0.3 is 0 Å². The van der Waals surface area contributed by atoms with E-state index in [1.54, 1.807) is 25.1 Å². The van der Waals surface area contributed by atoms with Crippen molar-refractivity contribution in [3.8, 4) is 5.75 Å². The van der Waals surface area contributed by atoms with Crippen molar-refractivity contribution in [2.24, 2.45) is 0 Å². The molecular weight excluding hydrogens is 411 g/mol. The lowest BCUT2D eigenvalue weighted by Crippen LogP contribution is -2.48. The highest BCUT2D eigenvalue weighted by Gasteiger charge is 2.26. The van der Waals surface area contributed by atoms with Crippen molar-refractivity contribution in [1.82, 2.24) is 10.2 Å². The molecule has 0 aliphatic heterocycles. The van der Waals surface area contributed by atoms with Crippen molar-refractivity contribution in [2.75, 3.05) is 13.7 Å². The summed E-state index contributed by atoms with van der Waals surface area (Å²) < 4.78 is 5.66. The number of nitrogens with zero attached hydrogens (tertiary/aromatic N) is 1. The van der Waals surface area contributed by atoms with E-state index in [1.165, 1.54) is 17.5 Å². The number of hydrogen-bond acceptors (Lipinski definition) is 3. The number of benzene rings is 2. The summed E-state index contributed by atoms with van der Waals surface area (Å²) >= 11 is 12.0. The van der Waals surface area contributed by atoms with Gasteiger partial charge in [0.2, 0.25) is 5.91 Å². The normalized spacial score (nSPS) is 11.8. The molecule has 0 radical (unpaired) electrons. The molecule has 156 valence electrons. The van der Waals surface area contributed by atoms with Crippen LogP contribution in [-0.2, 0) is 16.1 Å². The van der Waals surface area contributed by atoms with Gasteiger partial charge in [0, 0.05) is 13.6 Å². The number of carbonyl (C=O) groups is 2. The number of hydrogen-bond donors (Lipinski definition) is 1. The molecular formula is C22H26Cl2N2O3. The van der Waals surface area contributed by atoms with E-state index in [4.69, 9.17) is 27.9 Å². The summed E-state index contributed by atoms with van der Waals surface area (Å²) in [4.78, 5) is 26.5. The van der Waals surface area contributed by atoms with Gasteiger partial charge in [0.15, 0.2) is 6.61 Å². The molecule has 0 fully saturated rings. The summed E-state index contributed by atoms with van der Waals surface area (Å²) in [5, 5.41) is 3.40. The molecule has 0 heterocycles. The zero-order valence-corrected chi connectivity index (χ0v) is 18.6. The summed E-state index contributed by atoms with van der Waals surface area (Å²) in [7, 11) is 1.54. The Labute approximate surface area is 181 Å². The summed E-state index contributed by atoms with van der Waals surface area (Å²) in [6.45, 7) is 5.93. The van der Waals surface area contributed by atoms with Crippen LogP contribution in [0.25, 0.3) is 0 Å². The average molecular weight is 437 g/mol. The number of rotatable bonds is 8. The van der Waals surface area contributed by atoms with Crippen molar-refractivity contribution < 1.29 is 14.3 Å². The van der Waals surface area contributed by atoms with E-state index in [0.29, 0.717) is 21.7 Å². The molecule has 7 heteroatoms. The Kier molecular flexibility index (Phi) is 8.35. The topological polar surface area (TPSA) is 58.6 Å². The molecule has 2 rings (SSSR count). The van der Waals surface area contributed by atoms with E-state index in [9.17, 15) is 9.59 Å². The Morgan fingerprint density at radius 1 is 1.03 bits per heavy atom. The van der Waals surface area contributed by atoms with Gasteiger partial charge in [-0.15, -0.1) is 0 Å². The second kappa shape index (κ2) is 10.5. The van der Waals surface area contributed by atoms with Gasteiger partial charge in [0.05, 0.1) is 10.0 Å². The molecule has 0 aliphatic rings. The predicted molar refractivity (Wildman–Crippen MR) is 117 cm³/mol. The first kappa shape index (κ1) is 23.0. The van der Waals surface area contributed by atoms with Gasteiger partial charge in [-0.3, -0.25) is 9.59 Å². The highest BCUT2D eigenvalue weighted by molar-refractivity contribution is 6.42. The molecule has 1 atom stereocenters. The zero-order chi connectivity index (χ0) is 21.6. The van der Waals surface area contributed by atoms with Gasteiger partial charge in [0.25, 0.3) is 5.91 Å². The first-order valence-corrected chi connectivity index (χ1v) is 10.2. The fourth-order valence-electron chi connectivity index (χ4n) is 2.80. The van der Waals surface area contributed by atoms with Crippen molar-refractivity contribution in [1.29, 1.82) is 0 Å². The van der Waals surface area contributed by atoms with E-state index in [1.807, 2.05) is 24.3 Å². The molecule has 0 bridgehead atoms. The third-order valence-corrected chi connectivity index (χ3v) is 5.40. The molecule has 0 saturated carbocycles. The molecule has 0 unspecified atom stereocenters. The second-order valence-corrected chi connectivity index (χ2v) is 7.89. The molecule has 2 amide bonds. The quantitative estimate of drug-likeness (QED) is 0.654. The van der Waals surface area contributed by atoms with E-state index in [0.717, 1.165) is 5.56 Å². The monoisotopic (exact) mass is 436 g/mol. The maximum Gasteiger partial charge on any atom is 0.261 e. The zero-order valence-electron chi connectivity index (χ0n) is 17.0. The largest absolute Gasteiger partial charge is 0.484 e. The molecule has 2 aromatic rings. The Morgan fingerprint density at radius 2 is 1.69 bits per heavy atom. The minimum absolute atomic E-state index is 0.177. The maximum atomic E-state index is 12.9. The van der Waals surface area contributed by atoms with E-state index >= 15 is 0 Å². The Bertz CT molecular complexity index is 854. The van der Waals surface area contributed by atoms with Crippen LogP contribution in [0.5, 0.6) is 5.75 Å². The van der Waals surface area contributed by atoms with E-state index in [2.05, 4.69) is 19.2 Å². The fourth-order valence-corrected chi connectivity index (χ4v) is 3.12. The first-order valence-electron chi connectivity index (χ1n) is 9.40. The van der Waals surface area contributed by atoms with Crippen LogP contribution < -0.4 is 10.1 Å². The van der Waals surface area contributed by atoms with Crippen LogP contribution in [0.3, 0.4) is 0 Å².